The number of carbonyl (C=O) groups is 1. The first-order valence-corrected chi connectivity index (χ1v) is 10.9. The smallest absolute Gasteiger partial charge is 0.234 e. The van der Waals surface area contributed by atoms with Crippen LogP contribution in [0.2, 0.25) is 10.0 Å². The third-order valence-electron chi connectivity index (χ3n) is 4.02. The molecule has 3 rings (SSSR count). The van der Waals surface area contributed by atoms with Crippen LogP contribution in [0.25, 0.3) is 11.4 Å². The average Bonchev–Trinajstić information content (AvgIpc) is 3.13. The Hall–Kier alpha value is -2.48. The van der Waals surface area contributed by atoms with E-state index < -0.39 is 0 Å². The molecule has 2 aromatic carbocycles. The summed E-state index contributed by atoms with van der Waals surface area (Å²) < 4.78 is 7.61. The summed E-state index contributed by atoms with van der Waals surface area (Å²) in [5, 5.41) is 12.7. The summed E-state index contributed by atoms with van der Waals surface area (Å²) in [6.45, 7) is 6.77. The number of aromatic nitrogens is 3. The lowest BCUT2D eigenvalue weighted by atomic mass is 10.2. The van der Waals surface area contributed by atoms with Crippen LogP contribution in [0.15, 0.2) is 60.3 Å². The number of halogens is 2. The fourth-order valence-corrected chi connectivity index (χ4v) is 3.98. The van der Waals surface area contributed by atoms with Crippen molar-refractivity contribution in [2.24, 2.45) is 0 Å². The minimum atomic E-state index is -0.251. The summed E-state index contributed by atoms with van der Waals surface area (Å²) in [5.74, 6) is 1.24. The Kier molecular flexibility index (Phi) is 7.79. The fourth-order valence-electron chi connectivity index (χ4n) is 2.74. The molecule has 1 N–H and O–H groups in total. The Bertz CT molecular complexity index is 1030. The van der Waals surface area contributed by atoms with Gasteiger partial charge in [-0.15, -0.1) is 16.8 Å². The summed E-state index contributed by atoms with van der Waals surface area (Å²) in [6, 6.07) is 12.7. The molecule has 0 fully saturated rings. The number of thioether (sulfide) groups is 1. The number of nitrogens with zero attached hydrogens (tertiary/aromatic N) is 3. The molecule has 3 aromatic rings. The first-order chi connectivity index (χ1) is 14.5. The summed E-state index contributed by atoms with van der Waals surface area (Å²) in [7, 11) is 0. The molecule has 1 amide bonds. The minimum absolute atomic E-state index is 0.115. The minimum Gasteiger partial charge on any atom is -0.493 e. The number of hydrogen-bond donors (Lipinski definition) is 1. The molecule has 0 atom stereocenters. The average molecular weight is 463 g/mol. The van der Waals surface area contributed by atoms with Crippen LogP contribution in [-0.2, 0) is 11.3 Å². The number of benzene rings is 2. The van der Waals surface area contributed by atoms with Crippen LogP contribution in [0.3, 0.4) is 0 Å². The summed E-state index contributed by atoms with van der Waals surface area (Å²) >= 11 is 13.5. The number of hydrogen-bond acceptors (Lipinski definition) is 5. The molecular formula is C21H20Cl2N4O2S. The third-order valence-corrected chi connectivity index (χ3v) is 5.61. The van der Waals surface area contributed by atoms with Crippen molar-refractivity contribution in [1.82, 2.24) is 14.8 Å². The predicted octanol–water partition coefficient (Wildman–Crippen LogP) is 5.57. The van der Waals surface area contributed by atoms with E-state index in [9.17, 15) is 4.79 Å². The van der Waals surface area contributed by atoms with Gasteiger partial charge in [-0.3, -0.25) is 9.36 Å². The number of carbonyl (C=O) groups excluding carboxylic acids is 1. The van der Waals surface area contributed by atoms with Crippen molar-refractivity contribution in [3.63, 3.8) is 0 Å². The molecule has 6 nitrogen and oxygen atoms in total. The topological polar surface area (TPSA) is 69.0 Å². The number of amides is 1. The van der Waals surface area contributed by atoms with E-state index >= 15 is 0 Å². The standard InChI is InChI=1S/C21H20Cl2N4O2S/c1-3-12-27-20(14-8-5-6-11-17(14)29-4-2)25-26-21(27)30-13-18(28)24-19-15(22)9-7-10-16(19)23/h3,5-11H,1,4,12-13H2,2H3,(H,24,28). The Morgan fingerprint density at radius 3 is 2.63 bits per heavy atom. The van der Waals surface area contributed by atoms with Crippen LogP contribution in [0.4, 0.5) is 5.69 Å². The van der Waals surface area contributed by atoms with Crippen molar-refractivity contribution in [2.75, 3.05) is 17.7 Å². The highest BCUT2D eigenvalue weighted by Crippen LogP contribution is 2.32. The zero-order valence-corrected chi connectivity index (χ0v) is 18.6. The summed E-state index contributed by atoms with van der Waals surface area (Å²) in [5.41, 5.74) is 1.22. The van der Waals surface area contributed by atoms with Gasteiger partial charge in [0, 0.05) is 6.54 Å². The zero-order chi connectivity index (χ0) is 21.5. The molecule has 0 saturated carbocycles. The highest BCUT2D eigenvalue weighted by molar-refractivity contribution is 7.99. The van der Waals surface area contributed by atoms with E-state index in [4.69, 9.17) is 27.9 Å². The van der Waals surface area contributed by atoms with Gasteiger partial charge in [-0.1, -0.05) is 59.2 Å². The van der Waals surface area contributed by atoms with Gasteiger partial charge in [0.15, 0.2) is 11.0 Å². The molecule has 9 heteroatoms. The highest BCUT2D eigenvalue weighted by Gasteiger charge is 2.18. The number of para-hydroxylation sites is 2. The number of anilines is 1. The molecule has 0 aliphatic carbocycles. The van der Waals surface area contributed by atoms with Gasteiger partial charge in [-0.25, -0.2) is 0 Å². The van der Waals surface area contributed by atoms with Gasteiger partial charge in [-0.2, -0.15) is 0 Å². The van der Waals surface area contributed by atoms with E-state index in [0.717, 1.165) is 11.3 Å². The van der Waals surface area contributed by atoms with Gasteiger partial charge < -0.3 is 10.1 Å². The SMILES string of the molecule is C=CCn1c(SCC(=O)Nc2c(Cl)cccc2Cl)nnc1-c1ccccc1OCC. The molecule has 30 heavy (non-hydrogen) atoms. The predicted molar refractivity (Wildman–Crippen MR) is 123 cm³/mol. The molecule has 0 radical (unpaired) electrons. The van der Waals surface area contributed by atoms with E-state index in [2.05, 4.69) is 22.1 Å². The summed E-state index contributed by atoms with van der Waals surface area (Å²) in [6.07, 6.45) is 1.75. The maximum atomic E-state index is 12.4. The summed E-state index contributed by atoms with van der Waals surface area (Å²) in [4.78, 5) is 12.4. The van der Waals surface area contributed by atoms with Crippen LogP contribution in [-0.4, -0.2) is 33.0 Å². The monoisotopic (exact) mass is 462 g/mol. The molecule has 0 saturated heterocycles. The maximum absolute atomic E-state index is 12.4. The number of rotatable bonds is 9. The molecule has 0 unspecified atom stereocenters. The van der Waals surface area contributed by atoms with E-state index in [1.807, 2.05) is 35.8 Å². The fraction of sp³-hybridized carbons (Fsp3) is 0.190. The van der Waals surface area contributed by atoms with Gasteiger partial charge in [0.25, 0.3) is 0 Å². The quantitative estimate of drug-likeness (QED) is 0.332. The number of ether oxygens (including phenoxy) is 1. The van der Waals surface area contributed by atoms with Crippen LogP contribution in [0.5, 0.6) is 5.75 Å². The Morgan fingerprint density at radius 1 is 1.20 bits per heavy atom. The van der Waals surface area contributed by atoms with E-state index in [0.29, 0.717) is 39.9 Å². The highest BCUT2D eigenvalue weighted by atomic mass is 35.5. The Labute approximate surface area is 189 Å². The molecule has 0 aliphatic heterocycles. The van der Waals surface area contributed by atoms with Crippen LogP contribution in [0.1, 0.15) is 6.92 Å². The molecule has 1 aromatic heterocycles. The van der Waals surface area contributed by atoms with Crippen molar-refractivity contribution in [3.8, 4) is 17.1 Å². The van der Waals surface area contributed by atoms with Crippen molar-refractivity contribution in [3.05, 3.63) is 65.2 Å². The van der Waals surface area contributed by atoms with Crippen molar-refractivity contribution >= 4 is 46.6 Å². The first kappa shape index (κ1) is 22.2. The van der Waals surface area contributed by atoms with Crippen molar-refractivity contribution in [1.29, 1.82) is 0 Å². The van der Waals surface area contributed by atoms with Gasteiger partial charge in [0.1, 0.15) is 5.75 Å². The van der Waals surface area contributed by atoms with E-state index in [1.165, 1.54) is 11.8 Å². The second-order valence-electron chi connectivity index (χ2n) is 6.07. The molecule has 0 aliphatic rings. The second kappa shape index (κ2) is 10.5. The van der Waals surface area contributed by atoms with Crippen molar-refractivity contribution in [2.45, 2.75) is 18.6 Å². The van der Waals surface area contributed by atoms with Gasteiger partial charge in [-0.05, 0) is 31.2 Å². The molecule has 0 spiro atoms. The largest absolute Gasteiger partial charge is 0.493 e. The Morgan fingerprint density at radius 2 is 1.93 bits per heavy atom. The van der Waals surface area contributed by atoms with E-state index in [1.54, 1.807) is 24.3 Å². The molecule has 156 valence electrons. The van der Waals surface area contributed by atoms with Crippen LogP contribution < -0.4 is 10.1 Å². The third kappa shape index (κ3) is 5.16. The molecule has 0 bridgehead atoms. The molecule has 1 heterocycles. The van der Waals surface area contributed by atoms with E-state index in [-0.39, 0.29) is 11.7 Å². The van der Waals surface area contributed by atoms with Gasteiger partial charge in [0.05, 0.1) is 33.7 Å². The van der Waals surface area contributed by atoms with Crippen LogP contribution >= 0.6 is 35.0 Å². The number of allylic oxidation sites excluding steroid dienone is 1. The second-order valence-corrected chi connectivity index (χ2v) is 7.83. The normalized spacial score (nSPS) is 10.6. The first-order valence-electron chi connectivity index (χ1n) is 9.18. The lowest BCUT2D eigenvalue weighted by molar-refractivity contribution is -0.113. The lowest BCUT2D eigenvalue weighted by Gasteiger charge is -2.12. The van der Waals surface area contributed by atoms with Gasteiger partial charge >= 0.3 is 0 Å². The zero-order valence-electron chi connectivity index (χ0n) is 16.3. The van der Waals surface area contributed by atoms with Crippen molar-refractivity contribution < 1.29 is 9.53 Å². The Balaban J connectivity index is 1.79. The maximum Gasteiger partial charge on any atom is 0.234 e. The lowest BCUT2D eigenvalue weighted by Crippen LogP contribution is -2.15. The van der Waals surface area contributed by atoms with Gasteiger partial charge in [0.2, 0.25) is 5.91 Å². The van der Waals surface area contributed by atoms with Crippen LogP contribution in [0, 0.1) is 0 Å². The number of nitrogens with one attached hydrogen (secondary N) is 1. The molecular weight excluding hydrogens is 443 g/mol.